The molecule has 2 N–H and O–H groups in total. The predicted molar refractivity (Wildman–Crippen MR) is 80.8 cm³/mol. The number of carbonyl (C=O) groups excluding carboxylic acids is 1. The van der Waals surface area contributed by atoms with E-state index in [1.807, 2.05) is 30.9 Å². The second-order valence-corrected chi connectivity index (χ2v) is 5.71. The van der Waals surface area contributed by atoms with Gasteiger partial charge in [-0.2, -0.15) is 0 Å². The molecule has 0 aromatic heterocycles. The Morgan fingerprint density at radius 1 is 1.30 bits per heavy atom. The summed E-state index contributed by atoms with van der Waals surface area (Å²) in [6, 6.07) is 3.80. The summed E-state index contributed by atoms with van der Waals surface area (Å²) in [6.07, 6.45) is 2.03. The number of hydrogen-bond acceptors (Lipinski definition) is 3. The number of aryl methyl sites for hydroxylation is 2. The topological polar surface area (TPSA) is 55.6 Å². The Labute approximate surface area is 120 Å². The molecule has 0 radical (unpaired) electrons. The first kappa shape index (κ1) is 14.9. The third-order valence-corrected chi connectivity index (χ3v) is 4.15. The van der Waals surface area contributed by atoms with E-state index in [1.165, 1.54) is 0 Å². The van der Waals surface area contributed by atoms with E-state index in [4.69, 9.17) is 10.5 Å². The van der Waals surface area contributed by atoms with E-state index in [0.29, 0.717) is 11.6 Å². The lowest BCUT2D eigenvalue weighted by Gasteiger charge is -2.32. The molecule has 0 bridgehead atoms. The number of likely N-dealkylation sites (tertiary alicyclic amines) is 1. The molecule has 1 aromatic carbocycles. The van der Waals surface area contributed by atoms with Crippen molar-refractivity contribution in [1.29, 1.82) is 0 Å². The number of benzene rings is 1. The number of nitrogens with two attached hydrogens (primary N) is 1. The number of anilines is 1. The molecule has 0 aliphatic carbocycles. The van der Waals surface area contributed by atoms with Gasteiger partial charge in [-0.1, -0.05) is 6.07 Å². The number of piperidine rings is 1. The molecule has 1 aromatic rings. The highest BCUT2D eigenvalue weighted by Gasteiger charge is 2.24. The van der Waals surface area contributed by atoms with Crippen molar-refractivity contribution < 1.29 is 9.53 Å². The van der Waals surface area contributed by atoms with Gasteiger partial charge in [-0.3, -0.25) is 4.79 Å². The van der Waals surface area contributed by atoms with Gasteiger partial charge in [0.15, 0.2) is 0 Å². The van der Waals surface area contributed by atoms with Crippen LogP contribution in [0.2, 0.25) is 0 Å². The van der Waals surface area contributed by atoms with Crippen LogP contribution < -0.4 is 5.73 Å². The summed E-state index contributed by atoms with van der Waals surface area (Å²) in [4.78, 5) is 14.5. The van der Waals surface area contributed by atoms with Crippen LogP contribution in [0, 0.1) is 19.8 Å². The van der Waals surface area contributed by atoms with Gasteiger partial charge < -0.3 is 15.4 Å². The summed E-state index contributed by atoms with van der Waals surface area (Å²) in [7, 11) is 1.73. The van der Waals surface area contributed by atoms with Crippen LogP contribution in [0.1, 0.15) is 34.3 Å². The van der Waals surface area contributed by atoms with Gasteiger partial charge >= 0.3 is 0 Å². The van der Waals surface area contributed by atoms with Crippen molar-refractivity contribution in [2.45, 2.75) is 26.7 Å². The van der Waals surface area contributed by atoms with E-state index in [9.17, 15) is 4.79 Å². The fraction of sp³-hybridized carbons (Fsp3) is 0.562. The van der Waals surface area contributed by atoms with Gasteiger partial charge in [-0.25, -0.2) is 0 Å². The largest absolute Gasteiger partial charge is 0.398 e. The van der Waals surface area contributed by atoms with Crippen LogP contribution >= 0.6 is 0 Å². The van der Waals surface area contributed by atoms with Crippen LogP contribution in [0.4, 0.5) is 5.69 Å². The van der Waals surface area contributed by atoms with Crippen molar-refractivity contribution in [2.75, 3.05) is 32.5 Å². The number of carbonyl (C=O) groups is 1. The Bertz CT molecular complexity index is 491. The molecule has 2 rings (SSSR count). The molecule has 1 saturated heterocycles. The number of ether oxygens (including phenoxy) is 1. The van der Waals surface area contributed by atoms with Gasteiger partial charge in [0.25, 0.3) is 5.91 Å². The molecule has 1 heterocycles. The molecular formula is C16H24N2O2. The smallest absolute Gasteiger partial charge is 0.254 e. The summed E-state index contributed by atoms with van der Waals surface area (Å²) >= 11 is 0. The standard InChI is InChI=1S/C16H24N2O2/c1-11-8-12(2)15(17)9-14(11)16(19)18-6-4-13(5-7-18)10-20-3/h8-9,13H,4-7,10,17H2,1-3H3. The van der Waals surface area contributed by atoms with Crippen LogP contribution in [0.5, 0.6) is 0 Å². The molecule has 0 unspecified atom stereocenters. The van der Waals surface area contributed by atoms with E-state index in [2.05, 4.69) is 0 Å². The molecular weight excluding hydrogens is 252 g/mol. The maximum absolute atomic E-state index is 12.6. The zero-order valence-corrected chi connectivity index (χ0v) is 12.6. The van der Waals surface area contributed by atoms with Gasteiger partial charge in [0, 0.05) is 38.1 Å². The maximum Gasteiger partial charge on any atom is 0.254 e. The quantitative estimate of drug-likeness (QED) is 0.862. The molecule has 110 valence electrons. The molecule has 0 spiro atoms. The minimum Gasteiger partial charge on any atom is -0.398 e. The molecule has 1 aliphatic rings. The Kier molecular flexibility index (Phi) is 4.65. The van der Waals surface area contributed by atoms with Crippen LogP contribution in [-0.2, 0) is 4.74 Å². The molecule has 4 heteroatoms. The third-order valence-electron chi connectivity index (χ3n) is 4.15. The predicted octanol–water partition coefficient (Wildman–Crippen LogP) is 2.38. The minimum atomic E-state index is 0.102. The maximum atomic E-state index is 12.6. The first-order chi connectivity index (χ1) is 9.52. The zero-order chi connectivity index (χ0) is 14.7. The van der Waals surface area contributed by atoms with E-state index >= 15 is 0 Å². The van der Waals surface area contributed by atoms with E-state index in [1.54, 1.807) is 7.11 Å². The van der Waals surface area contributed by atoms with Crippen molar-refractivity contribution in [2.24, 2.45) is 5.92 Å². The summed E-state index contributed by atoms with van der Waals surface area (Å²) in [5.41, 5.74) is 9.38. The monoisotopic (exact) mass is 276 g/mol. The Hall–Kier alpha value is -1.55. The minimum absolute atomic E-state index is 0.102. The van der Waals surface area contributed by atoms with Gasteiger partial charge in [0.05, 0.1) is 0 Å². The second-order valence-electron chi connectivity index (χ2n) is 5.71. The van der Waals surface area contributed by atoms with Crippen LogP contribution in [-0.4, -0.2) is 37.6 Å². The summed E-state index contributed by atoms with van der Waals surface area (Å²) < 4.78 is 5.19. The van der Waals surface area contributed by atoms with E-state index in [-0.39, 0.29) is 5.91 Å². The number of nitrogens with zero attached hydrogens (tertiary/aromatic N) is 1. The van der Waals surface area contributed by atoms with Crippen LogP contribution in [0.3, 0.4) is 0 Å². The summed E-state index contributed by atoms with van der Waals surface area (Å²) in [6.45, 7) is 6.34. The van der Waals surface area contributed by atoms with Gasteiger partial charge in [-0.15, -0.1) is 0 Å². The average Bonchev–Trinajstić information content (AvgIpc) is 2.43. The van der Waals surface area contributed by atoms with E-state index in [0.717, 1.165) is 49.2 Å². The first-order valence-electron chi connectivity index (χ1n) is 7.18. The number of methoxy groups -OCH3 is 1. The van der Waals surface area contributed by atoms with E-state index < -0.39 is 0 Å². The molecule has 1 aliphatic heterocycles. The van der Waals surface area contributed by atoms with Gasteiger partial charge in [0.2, 0.25) is 0 Å². The average molecular weight is 276 g/mol. The normalized spacial score (nSPS) is 16.4. The van der Waals surface area contributed by atoms with Crippen molar-refractivity contribution >= 4 is 11.6 Å². The fourth-order valence-electron chi connectivity index (χ4n) is 2.81. The summed E-state index contributed by atoms with van der Waals surface area (Å²) in [5.74, 6) is 0.679. The Morgan fingerprint density at radius 3 is 2.55 bits per heavy atom. The molecule has 0 atom stereocenters. The number of hydrogen-bond donors (Lipinski definition) is 1. The SMILES string of the molecule is COCC1CCN(C(=O)c2cc(N)c(C)cc2C)CC1. The summed E-state index contributed by atoms with van der Waals surface area (Å²) in [5, 5.41) is 0. The fourth-order valence-corrected chi connectivity index (χ4v) is 2.81. The van der Waals surface area contributed by atoms with Crippen molar-refractivity contribution in [3.8, 4) is 0 Å². The van der Waals surface area contributed by atoms with Crippen molar-refractivity contribution in [1.82, 2.24) is 4.90 Å². The number of rotatable bonds is 3. The van der Waals surface area contributed by atoms with Crippen LogP contribution in [0.15, 0.2) is 12.1 Å². The molecule has 1 fully saturated rings. The lowest BCUT2D eigenvalue weighted by Crippen LogP contribution is -2.39. The third kappa shape index (κ3) is 3.12. The highest BCUT2D eigenvalue weighted by atomic mass is 16.5. The first-order valence-corrected chi connectivity index (χ1v) is 7.18. The molecule has 1 amide bonds. The lowest BCUT2D eigenvalue weighted by molar-refractivity contribution is 0.0613. The number of amides is 1. The van der Waals surface area contributed by atoms with Crippen LogP contribution in [0.25, 0.3) is 0 Å². The lowest BCUT2D eigenvalue weighted by atomic mass is 9.96. The molecule has 4 nitrogen and oxygen atoms in total. The zero-order valence-electron chi connectivity index (χ0n) is 12.6. The van der Waals surface area contributed by atoms with Gasteiger partial charge in [0.1, 0.15) is 0 Å². The molecule has 0 saturated carbocycles. The highest BCUT2D eigenvalue weighted by Crippen LogP contribution is 2.23. The highest BCUT2D eigenvalue weighted by molar-refractivity contribution is 5.96. The number of nitrogen functional groups attached to an aromatic ring is 1. The Balaban J connectivity index is 2.07. The second kappa shape index (κ2) is 6.27. The Morgan fingerprint density at radius 2 is 1.95 bits per heavy atom. The van der Waals surface area contributed by atoms with Crippen molar-refractivity contribution in [3.05, 3.63) is 28.8 Å². The van der Waals surface area contributed by atoms with Gasteiger partial charge in [-0.05, 0) is 49.8 Å². The van der Waals surface area contributed by atoms with Crippen molar-refractivity contribution in [3.63, 3.8) is 0 Å². The molecule has 20 heavy (non-hydrogen) atoms.